The molecule has 1 aromatic rings. The van der Waals surface area contributed by atoms with Gasteiger partial charge in [0.25, 0.3) is 0 Å². The number of rotatable bonds is 6. The number of nitrogens with one attached hydrogen (secondary N) is 1. The standard InChI is InChI=1S/C14H18N2O3/c1-2-4-12(14(18)19)16-13(17)8-7-10-5-3-6-11(15)9-10/h3,5-9,12H,2,4,15H2,1H3,(H,16,17)(H,18,19)/b8-7+/t12-/m0/s1. The zero-order valence-electron chi connectivity index (χ0n) is 10.8. The lowest BCUT2D eigenvalue weighted by molar-refractivity contribution is -0.141. The largest absolute Gasteiger partial charge is 0.480 e. The van der Waals surface area contributed by atoms with E-state index in [4.69, 9.17) is 10.8 Å². The SMILES string of the molecule is CCC[C@H](NC(=O)/C=C/c1cccc(N)c1)C(=O)O. The summed E-state index contributed by atoms with van der Waals surface area (Å²) < 4.78 is 0. The minimum absolute atomic E-state index is 0.410. The van der Waals surface area contributed by atoms with Crippen molar-refractivity contribution < 1.29 is 14.7 Å². The number of hydrogen-bond donors (Lipinski definition) is 3. The van der Waals surface area contributed by atoms with Gasteiger partial charge in [-0.3, -0.25) is 4.79 Å². The number of carbonyl (C=O) groups excluding carboxylic acids is 1. The molecule has 1 atom stereocenters. The maximum absolute atomic E-state index is 11.6. The fourth-order valence-corrected chi connectivity index (χ4v) is 1.60. The number of nitrogens with two attached hydrogens (primary N) is 1. The molecule has 0 aromatic heterocycles. The molecule has 1 amide bonds. The molecular weight excluding hydrogens is 244 g/mol. The molecule has 0 aliphatic carbocycles. The molecule has 0 aliphatic heterocycles. The Labute approximate surface area is 112 Å². The average molecular weight is 262 g/mol. The van der Waals surface area contributed by atoms with Crippen LogP contribution in [0, 0.1) is 0 Å². The van der Waals surface area contributed by atoms with E-state index in [1.54, 1.807) is 30.3 Å². The van der Waals surface area contributed by atoms with Crippen molar-refractivity contribution in [3.63, 3.8) is 0 Å². The first-order valence-electron chi connectivity index (χ1n) is 6.10. The van der Waals surface area contributed by atoms with Crippen LogP contribution in [0.1, 0.15) is 25.3 Å². The second kappa shape index (κ2) is 7.20. The monoisotopic (exact) mass is 262 g/mol. The Hall–Kier alpha value is -2.30. The van der Waals surface area contributed by atoms with E-state index in [1.165, 1.54) is 6.08 Å². The summed E-state index contributed by atoms with van der Waals surface area (Å²) in [5.74, 6) is -1.45. The molecule has 5 heteroatoms. The highest BCUT2D eigenvalue weighted by Crippen LogP contribution is 2.08. The van der Waals surface area contributed by atoms with Crippen LogP contribution < -0.4 is 11.1 Å². The normalized spacial score (nSPS) is 12.3. The van der Waals surface area contributed by atoms with Crippen molar-refractivity contribution in [2.75, 3.05) is 5.73 Å². The fraction of sp³-hybridized carbons (Fsp3) is 0.286. The van der Waals surface area contributed by atoms with Gasteiger partial charge in [-0.15, -0.1) is 0 Å². The Morgan fingerprint density at radius 2 is 2.21 bits per heavy atom. The number of carboxylic acids is 1. The van der Waals surface area contributed by atoms with Crippen LogP contribution in [0.3, 0.4) is 0 Å². The summed E-state index contributed by atoms with van der Waals surface area (Å²) in [4.78, 5) is 22.5. The molecule has 19 heavy (non-hydrogen) atoms. The number of aliphatic carboxylic acids is 1. The highest BCUT2D eigenvalue weighted by Gasteiger charge is 2.17. The summed E-state index contributed by atoms with van der Waals surface area (Å²) >= 11 is 0. The molecule has 0 bridgehead atoms. The second-order valence-electron chi connectivity index (χ2n) is 4.19. The predicted molar refractivity (Wildman–Crippen MR) is 74.4 cm³/mol. The molecule has 5 nitrogen and oxygen atoms in total. The van der Waals surface area contributed by atoms with E-state index < -0.39 is 17.9 Å². The van der Waals surface area contributed by atoms with Gasteiger partial charge in [0, 0.05) is 11.8 Å². The summed E-state index contributed by atoms with van der Waals surface area (Å²) in [6.45, 7) is 1.87. The van der Waals surface area contributed by atoms with Gasteiger partial charge in [0.05, 0.1) is 0 Å². The third-order valence-electron chi connectivity index (χ3n) is 2.53. The molecule has 0 heterocycles. The molecule has 0 saturated heterocycles. The molecule has 0 spiro atoms. The van der Waals surface area contributed by atoms with E-state index in [1.807, 2.05) is 6.92 Å². The van der Waals surface area contributed by atoms with Crippen molar-refractivity contribution in [2.45, 2.75) is 25.8 Å². The van der Waals surface area contributed by atoms with Crippen molar-refractivity contribution in [3.05, 3.63) is 35.9 Å². The van der Waals surface area contributed by atoms with Crippen molar-refractivity contribution >= 4 is 23.6 Å². The Morgan fingerprint density at radius 3 is 2.79 bits per heavy atom. The Morgan fingerprint density at radius 1 is 1.47 bits per heavy atom. The molecule has 0 aliphatic rings. The zero-order chi connectivity index (χ0) is 14.3. The van der Waals surface area contributed by atoms with Gasteiger partial charge in [-0.25, -0.2) is 4.79 Å². The Balaban J connectivity index is 2.61. The van der Waals surface area contributed by atoms with Crippen molar-refractivity contribution in [3.8, 4) is 0 Å². The topological polar surface area (TPSA) is 92.4 Å². The van der Waals surface area contributed by atoms with Crippen LogP contribution in [0.5, 0.6) is 0 Å². The first kappa shape index (κ1) is 14.8. The molecular formula is C14H18N2O3. The molecule has 0 unspecified atom stereocenters. The Bertz CT molecular complexity index is 483. The van der Waals surface area contributed by atoms with Gasteiger partial charge in [0.2, 0.25) is 5.91 Å². The third-order valence-corrected chi connectivity index (χ3v) is 2.53. The van der Waals surface area contributed by atoms with Crippen LogP contribution in [0.15, 0.2) is 30.3 Å². The molecule has 1 aromatic carbocycles. The summed E-state index contributed by atoms with van der Waals surface area (Å²) in [5.41, 5.74) is 7.01. The van der Waals surface area contributed by atoms with E-state index in [-0.39, 0.29) is 0 Å². The van der Waals surface area contributed by atoms with E-state index >= 15 is 0 Å². The smallest absolute Gasteiger partial charge is 0.326 e. The van der Waals surface area contributed by atoms with Crippen molar-refractivity contribution in [1.82, 2.24) is 5.32 Å². The maximum atomic E-state index is 11.6. The first-order valence-corrected chi connectivity index (χ1v) is 6.10. The van der Waals surface area contributed by atoms with Gasteiger partial charge in [-0.05, 0) is 30.2 Å². The summed E-state index contributed by atoms with van der Waals surface area (Å²) in [7, 11) is 0. The maximum Gasteiger partial charge on any atom is 0.326 e. The van der Waals surface area contributed by atoms with Gasteiger partial charge in [0.15, 0.2) is 0 Å². The lowest BCUT2D eigenvalue weighted by atomic mass is 10.1. The number of nitrogen functional groups attached to an aromatic ring is 1. The molecule has 102 valence electrons. The number of hydrogen-bond acceptors (Lipinski definition) is 3. The summed E-state index contributed by atoms with van der Waals surface area (Å²) in [5, 5.41) is 11.4. The highest BCUT2D eigenvalue weighted by molar-refractivity contribution is 5.94. The lowest BCUT2D eigenvalue weighted by Gasteiger charge is -2.11. The lowest BCUT2D eigenvalue weighted by Crippen LogP contribution is -2.39. The van der Waals surface area contributed by atoms with Gasteiger partial charge >= 0.3 is 5.97 Å². The number of anilines is 1. The minimum Gasteiger partial charge on any atom is -0.480 e. The van der Waals surface area contributed by atoms with Crippen LogP contribution in [-0.4, -0.2) is 23.0 Å². The van der Waals surface area contributed by atoms with Gasteiger partial charge in [-0.1, -0.05) is 25.5 Å². The second-order valence-corrected chi connectivity index (χ2v) is 4.19. The number of carbonyl (C=O) groups is 2. The minimum atomic E-state index is -1.02. The summed E-state index contributed by atoms with van der Waals surface area (Å²) in [6, 6.07) is 6.22. The van der Waals surface area contributed by atoms with Crippen LogP contribution in [0.2, 0.25) is 0 Å². The molecule has 0 saturated carbocycles. The average Bonchev–Trinajstić information content (AvgIpc) is 2.36. The fourth-order valence-electron chi connectivity index (χ4n) is 1.60. The molecule has 0 fully saturated rings. The van der Waals surface area contributed by atoms with Gasteiger partial charge in [0.1, 0.15) is 6.04 Å². The highest BCUT2D eigenvalue weighted by atomic mass is 16.4. The Kier molecular flexibility index (Phi) is 5.60. The quantitative estimate of drug-likeness (QED) is 0.537. The van der Waals surface area contributed by atoms with Crippen LogP contribution in [0.25, 0.3) is 6.08 Å². The van der Waals surface area contributed by atoms with Gasteiger partial charge < -0.3 is 16.2 Å². The van der Waals surface area contributed by atoms with E-state index in [9.17, 15) is 9.59 Å². The van der Waals surface area contributed by atoms with Crippen LogP contribution in [0.4, 0.5) is 5.69 Å². The third kappa shape index (κ3) is 5.25. The number of benzene rings is 1. The first-order chi connectivity index (χ1) is 9.02. The zero-order valence-corrected chi connectivity index (χ0v) is 10.8. The van der Waals surface area contributed by atoms with Crippen LogP contribution >= 0.6 is 0 Å². The number of carboxylic acid groups (broad SMARTS) is 1. The molecule has 1 rings (SSSR count). The van der Waals surface area contributed by atoms with Gasteiger partial charge in [-0.2, -0.15) is 0 Å². The van der Waals surface area contributed by atoms with E-state index in [2.05, 4.69) is 5.32 Å². The summed E-state index contributed by atoms with van der Waals surface area (Å²) in [6.07, 6.45) is 4.00. The van der Waals surface area contributed by atoms with Crippen molar-refractivity contribution in [2.24, 2.45) is 0 Å². The van der Waals surface area contributed by atoms with Crippen molar-refractivity contribution in [1.29, 1.82) is 0 Å². The van der Waals surface area contributed by atoms with Crippen LogP contribution in [-0.2, 0) is 9.59 Å². The molecule has 4 N–H and O–H groups in total. The van der Waals surface area contributed by atoms with E-state index in [0.717, 1.165) is 5.56 Å². The van der Waals surface area contributed by atoms with E-state index in [0.29, 0.717) is 18.5 Å². The number of amides is 1. The predicted octanol–water partition coefficient (Wildman–Crippen LogP) is 1.65. The molecule has 0 radical (unpaired) electrons.